The number of allylic oxidation sites excluding steroid dienone is 10. The minimum absolute atomic E-state index is 0.00462. The second-order valence-corrected chi connectivity index (χ2v) is 20.0. The van der Waals surface area contributed by atoms with Gasteiger partial charge in [-0.15, -0.1) is 0 Å². The summed E-state index contributed by atoms with van der Waals surface area (Å²) in [6.07, 6.45) is 54.1. The molecule has 0 aromatic carbocycles. The van der Waals surface area contributed by atoms with Crippen molar-refractivity contribution < 1.29 is 14.3 Å². The van der Waals surface area contributed by atoms with E-state index in [0.717, 1.165) is 70.9 Å². The lowest BCUT2D eigenvalue weighted by Crippen LogP contribution is -2.36. The SMILES string of the molecule is CC/C=C\C/C=C\C/C=C\C/C=C\C/C=C\CCCCN(CCCCO)CCCCCCOC(CCCCCCC)O[Si](C)(C)CCCCCCCC. The van der Waals surface area contributed by atoms with Crippen LogP contribution in [0, 0.1) is 0 Å². The summed E-state index contributed by atoms with van der Waals surface area (Å²) < 4.78 is 13.2. The second kappa shape index (κ2) is 41.9. The van der Waals surface area contributed by atoms with Gasteiger partial charge in [-0.2, -0.15) is 0 Å². The molecule has 0 bridgehead atoms. The number of rotatable bonds is 41. The van der Waals surface area contributed by atoms with Gasteiger partial charge in [-0.1, -0.05) is 159 Å². The molecular formula is C48H91NO3Si. The molecule has 0 amide bonds. The maximum absolute atomic E-state index is 9.32. The van der Waals surface area contributed by atoms with Gasteiger partial charge < -0.3 is 19.2 Å². The van der Waals surface area contributed by atoms with Gasteiger partial charge in [0.25, 0.3) is 0 Å². The van der Waals surface area contributed by atoms with E-state index in [-0.39, 0.29) is 6.29 Å². The highest BCUT2D eigenvalue weighted by Crippen LogP contribution is 2.22. The number of ether oxygens (including phenoxy) is 1. The van der Waals surface area contributed by atoms with Crippen LogP contribution in [0.2, 0.25) is 19.1 Å². The quantitative estimate of drug-likeness (QED) is 0.0292. The molecule has 310 valence electrons. The first-order valence-corrected chi connectivity index (χ1v) is 26.0. The monoisotopic (exact) mass is 758 g/mol. The zero-order valence-electron chi connectivity index (χ0n) is 36.2. The molecular weight excluding hydrogens is 667 g/mol. The lowest BCUT2D eigenvalue weighted by molar-refractivity contribution is -0.0926. The van der Waals surface area contributed by atoms with Gasteiger partial charge >= 0.3 is 0 Å². The fourth-order valence-corrected chi connectivity index (χ4v) is 8.71. The molecule has 5 heteroatoms. The van der Waals surface area contributed by atoms with Gasteiger partial charge in [-0.3, -0.25) is 0 Å². The van der Waals surface area contributed by atoms with E-state index < -0.39 is 8.32 Å². The van der Waals surface area contributed by atoms with E-state index in [0.29, 0.717) is 6.61 Å². The Morgan fingerprint density at radius 1 is 0.509 bits per heavy atom. The summed E-state index contributed by atoms with van der Waals surface area (Å²) in [6.45, 7) is 16.2. The van der Waals surface area contributed by atoms with Crippen LogP contribution in [0.4, 0.5) is 0 Å². The van der Waals surface area contributed by atoms with Crippen LogP contribution in [0.25, 0.3) is 0 Å². The summed E-state index contributed by atoms with van der Waals surface area (Å²) in [4.78, 5) is 2.64. The molecule has 1 unspecified atom stereocenters. The summed E-state index contributed by atoms with van der Waals surface area (Å²) >= 11 is 0. The summed E-state index contributed by atoms with van der Waals surface area (Å²) in [7, 11) is -1.71. The lowest BCUT2D eigenvalue weighted by atomic mass is 10.1. The second-order valence-electron chi connectivity index (χ2n) is 15.8. The zero-order valence-corrected chi connectivity index (χ0v) is 37.2. The van der Waals surface area contributed by atoms with Crippen molar-refractivity contribution in [3.63, 3.8) is 0 Å². The topological polar surface area (TPSA) is 41.9 Å². The Morgan fingerprint density at radius 3 is 1.57 bits per heavy atom. The van der Waals surface area contributed by atoms with Gasteiger partial charge in [0.1, 0.15) is 6.29 Å². The number of hydrogen-bond acceptors (Lipinski definition) is 4. The van der Waals surface area contributed by atoms with E-state index in [1.807, 2.05) is 0 Å². The third kappa shape index (κ3) is 40.2. The largest absolute Gasteiger partial charge is 0.396 e. The molecule has 0 aromatic rings. The third-order valence-corrected chi connectivity index (χ3v) is 12.4. The molecule has 1 atom stereocenters. The normalized spacial score (nSPS) is 13.5. The van der Waals surface area contributed by atoms with Gasteiger partial charge in [-0.25, -0.2) is 0 Å². The summed E-state index contributed by atoms with van der Waals surface area (Å²) in [5.74, 6) is 0. The lowest BCUT2D eigenvalue weighted by Gasteiger charge is -2.30. The van der Waals surface area contributed by atoms with E-state index in [1.165, 1.54) is 128 Å². The smallest absolute Gasteiger partial charge is 0.190 e. The molecule has 53 heavy (non-hydrogen) atoms. The Bertz CT molecular complexity index is 880. The Morgan fingerprint density at radius 2 is 0.981 bits per heavy atom. The van der Waals surface area contributed by atoms with Gasteiger partial charge in [0.2, 0.25) is 0 Å². The van der Waals surface area contributed by atoms with Crippen LogP contribution < -0.4 is 0 Å². The Balaban J connectivity index is 4.32. The van der Waals surface area contributed by atoms with Crippen molar-refractivity contribution >= 4 is 8.32 Å². The van der Waals surface area contributed by atoms with E-state index in [9.17, 15) is 5.11 Å². The molecule has 0 heterocycles. The fourth-order valence-electron chi connectivity index (χ4n) is 6.59. The van der Waals surface area contributed by atoms with Gasteiger partial charge in [0.05, 0.1) is 0 Å². The minimum atomic E-state index is -1.71. The standard InChI is InChI=1S/C48H91NO3Si/c1-6-9-12-15-17-18-19-20-21-22-23-24-25-26-27-28-30-35-42-49(44-37-38-45-50)43-36-31-32-39-46-51-48(41-34-29-14-11-8-3)52-53(4,5)47-40-33-16-13-10-7-2/h9,12,17-18,20-21,23-24,26-27,48,50H,6-8,10-11,13-16,19,22,25,28-47H2,1-5H3/b12-9-,18-17-,21-20-,24-23-,27-26-. The van der Waals surface area contributed by atoms with E-state index in [2.05, 4.69) is 99.5 Å². The number of unbranched alkanes of at least 4 members (excludes halogenated alkanes) is 15. The van der Waals surface area contributed by atoms with Gasteiger partial charge in [0.15, 0.2) is 8.32 Å². The number of aliphatic hydroxyl groups excluding tert-OH is 1. The number of aliphatic hydroxyl groups is 1. The Labute approximate surface area is 333 Å². The first kappa shape index (κ1) is 51.8. The van der Waals surface area contributed by atoms with Crippen molar-refractivity contribution in [2.24, 2.45) is 0 Å². The summed E-state index contributed by atoms with van der Waals surface area (Å²) in [5.41, 5.74) is 0. The van der Waals surface area contributed by atoms with Crippen LogP contribution in [-0.4, -0.2) is 57.5 Å². The van der Waals surface area contributed by atoms with Crippen molar-refractivity contribution in [2.75, 3.05) is 32.8 Å². The fraction of sp³-hybridized carbons (Fsp3) is 0.792. The van der Waals surface area contributed by atoms with Crippen molar-refractivity contribution in [1.29, 1.82) is 0 Å². The molecule has 0 aliphatic rings. The van der Waals surface area contributed by atoms with E-state index in [4.69, 9.17) is 9.16 Å². The van der Waals surface area contributed by atoms with Crippen molar-refractivity contribution in [3.8, 4) is 0 Å². The van der Waals surface area contributed by atoms with Crippen LogP contribution in [0.3, 0.4) is 0 Å². The van der Waals surface area contributed by atoms with Crippen LogP contribution in [0.15, 0.2) is 60.8 Å². The highest BCUT2D eigenvalue weighted by Gasteiger charge is 2.26. The van der Waals surface area contributed by atoms with Crippen LogP contribution in [0.1, 0.15) is 188 Å². The molecule has 0 aliphatic heterocycles. The molecule has 0 aromatic heterocycles. The predicted octanol–water partition coefficient (Wildman–Crippen LogP) is 14.8. The molecule has 1 N–H and O–H groups in total. The zero-order chi connectivity index (χ0) is 38.8. The molecule has 4 nitrogen and oxygen atoms in total. The summed E-state index contributed by atoms with van der Waals surface area (Å²) in [6, 6.07) is 1.26. The molecule has 0 saturated heterocycles. The average Bonchev–Trinajstić information content (AvgIpc) is 3.14. The molecule has 0 spiro atoms. The molecule has 0 aliphatic carbocycles. The predicted molar refractivity (Wildman–Crippen MR) is 239 cm³/mol. The number of hydrogen-bond donors (Lipinski definition) is 1. The maximum atomic E-state index is 9.32. The van der Waals surface area contributed by atoms with Crippen LogP contribution >= 0.6 is 0 Å². The van der Waals surface area contributed by atoms with Gasteiger partial charge in [0, 0.05) is 13.2 Å². The van der Waals surface area contributed by atoms with Gasteiger partial charge in [-0.05, 0) is 129 Å². The number of nitrogens with zero attached hydrogens (tertiary/aromatic N) is 1. The van der Waals surface area contributed by atoms with Crippen molar-refractivity contribution in [3.05, 3.63) is 60.8 Å². The first-order chi connectivity index (χ1) is 26.0. The van der Waals surface area contributed by atoms with E-state index >= 15 is 0 Å². The first-order valence-electron chi connectivity index (χ1n) is 22.9. The highest BCUT2D eigenvalue weighted by molar-refractivity contribution is 6.71. The molecule has 0 radical (unpaired) electrons. The average molecular weight is 758 g/mol. The van der Waals surface area contributed by atoms with Crippen molar-refractivity contribution in [2.45, 2.75) is 213 Å². The highest BCUT2D eigenvalue weighted by atomic mass is 28.4. The Hall–Kier alpha value is -1.24. The minimum Gasteiger partial charge on any atom is -0.396 e. The van der Waals surface area contributed by atoms with Crippen molar-refractivity contribution in [1.82, 2.24) is 4.90 Å². The van der Waals surface area contributed by atoms with Crippen LogP contribution in [-0.2, 0) is 9.16 Å². The maximum Gasteiger partial charge on any atom is 0.190 e. The van der Waals surface area contributed by atoms with E-state index in [1.54, 1.807) is 0 Å². The Kier molecular flexibility index (Phi) is 40.9. The summed E-state index contributed by atoms with van der Waals surface area (Å²) in [5, 5.41) is 9.32. The van der Waals surface area contributed by atoms with Crippen LogP contribution in [0.5, 0.6) is 0 Å². The molecule has 0 fully saturated rings. The molecule has 0 saturated carbocycles. The molecule has 0 rings (SSSR count). The third-order valence-electron chi connectivity index (χ3n) is 9.93.